The SMILES string of the molecule is CC(C)N(CCC#N)c1ncc(F)cc1F. The maximum atomic E-state index is 13.5. The summed E-state index contributed by atoms with van der Waals surface area (Å²) in [6, 6.07) is 2.78. The minimum Gasteiger partial charge on any atom is -0.351 e. The van der Waals surface area contributed by atoms with E-state index in [1.165, 1.54) is 0 Å². The number of pyridine rings is 1. The van der Waals surface area contributed by atoms with E-state index < -0.39 is 11.6 Å². The molecular formula is C11H13F2N3. The first-order valence-electron chi connectivity index (χ1n) is 5.01. The van der Waals surface area contributed by atoms with Gasteiger partial charge in [0.25, 0.3) is 0 Å². The molecule has 0 fully saturated rings. The zero-order valence-electron chi connectivity index (χ0n) is 9.24. The van der Waals surface area contributed by atoms with Gasteiger partial charge in [-0.05, 0) is 13.8 Å². The first kappa shape index (κ1) is 12.4. The van der Waals surface area contributed by atoms with Gasteiger partial charge < -0.3 is 4.90 Å². The minimum absolute atomic E-state index is 0.000751. The third kappa shape index (κ3) is 2.89. The first-order valence-corrected chi connectivity index (χ1v) is 5.01. The largest absolute Gasteiger partial charge is 0.351 e. The summed E-state index contributed by atoms with van der Waals surface area (Å²) < 4.78 is 26.2. The van der Waals surface area contributed by atoms with Crippen molar-refractivity contribution >= 4 is 5.82 Å². The Morgan fingerprint density at radius 2 is 2.19 bits per heavy atom. The zero-order valence-corrected chi connectivity index (χ0v) is 9.24. The molecule has 1 rings (SSSR count). The van der Waals surface area contributed by atoms with Crippen LogP contribution in [0, 0.1) is 23.0 Å². The van der Waals surface area contributed by atoms with Gasteiger partial charge in [-0.2, -0.15) is 5.26 Å². The second kappa shape index (κ2) is 5.40. The van der Waals surface area contributed by atoms with Gasteiger partial charge in [0, 0.05) is 18.7 Å². The number of rotatable bonds is 4. The predicted molar refractivity (Wildman–Crippen MR) is 56.9 cm³/mol. The summed E-state index contributed by atoms with van der Waals surface area (Å²) >= 11 is 0. The molecule has 1 heterocycles. The van der Waals surface area contributed by atoms with Crippen molar-refractivity contribution in [2.45, 2.75) is 26.3 Å². The molecule has 0 unspecified atom stereocenters. The van der Waals surface area contributed by atoms with Crippen LogP contribution in [0.3, 0.4) is 0 Å². The Kier molecular flexibility index (Phi) is 4.18. The fraction of sp³-hybridized carbons (Fsp3) is 0.455. The van der Waals surface area contributed by atoms with E-state index in [2.05, 4.69) is 4.98 Å². The van der Waals surface area contributed by atoms with Crippen molar-refractivity contribution in [1.29, 1.82) is 5.26 Å². The number of hydrogen-bond acceptors (Lipinski definition) is 3. The lowest BCUT2D eigenvalue weighted by molar-refractivity contribution is 0.558. The van der Waals surface area contributed by atoms with Crippen LogP contribution in [0.4, 0.5) is 14.6 Å². The molecule has 0 spiro atoms. The number of aromatic nitrogens is 1. The highest BCUT2D eigenvalue weighted by atomic mass is 19.1. The van der Waals surface area contributed by atoms with Gasteiger partial charge in [-0.1, -0.05) is 0 Å². The average Bonchev–Trinajstić information content (AvgIpc) is 2.20. The van der Waals surface area contributed by atoms with Crippen LogP contribution in [0.5, 0.6) is 0 Å². The number of halogens is 2. The standard InChI is InChI=1S/C11H13F2N3/c1-8(2)16(5-3-4-14)11-10(13)6-9(12)7-15-11/h6-8H,3,5H2,1-2H3. The smallest absolute Gasteiger partial charge is 0.168 e. The minimum atomic E-state index is -0.703. The van der Waals surface area contributed by atoms with Gasteiger partial charge in [-0.15, -0.1) is 0 Å². The molecule has 16 heavy (non-hydrogen) atoms. The molecule has 0 aliphatic heterocycles. The van der Waals surface area contributed by atoms with E-state index in [9.17, 15) is 8.78 Å². The molecule has 86 valence electrons. The second-order valence-corrected chi connectivity index (χ2v) is 3.65. The van der Waals surface area contributed by atoms with Gasteiger partial charge in [0.15, 0.2) is 11.6 Å². The molecule has 1 aromatic heterocycles. The van der Waals surface area contributed by atoms with E-state index in [0.29, 0.717) is 6.54 Å². The maximum absolute atomic E-state index is 13.5. The fourth-order valence-electron chi connectivity index (χ4n) is 1.40. The van der Waals surface area contributed by atoms with E-state index >= 15 is 0 Å². The van der Waals surface area contributed by atoms with Crippen molar-refractivity contribution in [2.75, 3.05) is 11.4 Å². The summed E-state index contributed by atoms with van der Waals surface area (Å²) in [5.74, 6) is -1.32. The zero-order chi connectivity index (χ0) is 12.1. The van der Waals surface area contributed by atoms with Crippen LogP contribution < -0.4 is 4.90 Å². The highest BCUT2D eigenvalue weighted by Crippen LogP contribution is 2.19. The summed E-state index contributed by atoms with van der Waals surface area (Å²) in [6.07, 6.45) is 1.25. The number of hydrogen-bond donors (Lipinski definition) is 0. The van der Waals surface area contributed by atoms with Crippen LogP contribution in [0.25, 0.3) is 0 Å². The molecule has 0 saturated heterocycles. The number of nitrogens with zero attached hydrogens (tertiary/aromatic N) is 3. The normalized spacial score (nSPS) is 10.2. The number of anilines is 1. The van der Waals surface area contributed by atoms with Crippen molar-refractivity contribution in [1.82, 2.24) is 4.98 Å². The van der Waals surface area contributed by atoms with E-state index in [1.54, 1.807) is 4.90 Å². The molecule has 0 amide bonds. The van der Waals surface area contributed by atoms with Crippen molar-refractivity contribution in [3.63, 3.8) is 0 Å². The molecule has 0 aliphatic carbocycles. The quantitative estimate of drug-likeness (QED) is 0.790. The van der Waals surface area contributed by atoms with Crippen molar-refractivity contribution in [3.05, 3.63) is 23.9 Å². The Morgan fingerprint density at radius 3 is 2.69 bits per heavy atom. The molecule has 0 saturated carbocycles. The molecule has 3 nitrogen and oxygen atoms in total. The van der Waals surface area contributed by atoms with Crippen LogP contribution in [0.15, 0.2) is 12.3 Å². The van der Waals surface area contributed by atoms with Crippen molar-refractivity contribution in [3.8, 4) is 6.07 Å². The lowest BCUT2D eigenvalue weighted by atomic mass is 10.2. The Bertz CT molecular complexity index is 399. The number of nitriles is 1. The van der Waals surface area contributed by atoms with Crippen molar-refractivity contribution in [2.24, 2.45) is 0 Å². The average molecular weight is 225 g/mol. The van der Waals surface area contributed by atoms with Crippen LogP contribution >= 0.6 is 0 Å². The van der Waals surface area contributed by atoms with Gasteiger partial charge in [0.05, 0.1) is 18.7 Å². The molecule has 0 aromatic carbocycles. The van der Waals surface area contributed by atoms with E-state index in [1.807, 2.05) is 19.9 Å². The van der Waals surface area contributed by atoms with Gasteiger partial charge in [0.1, 0.15) is 5.82 Å². The Labute approximate surface area is 93.3 Å². The molecule has 1 aromatic rings. The van der Waals surface area contributed by atoms with E-state index in [-0.39, 0.29) is 18.3 Å². The Hall–Kier alpha value is -1.70. The summed E-state index contributed by atoms with van der Waals surface area (Å²) in [4.78, 5) is 5.36. The second-order valence-electron chi connectivity index (χ2n) is 3.65. The van der Waals surface area contributed by atoms with Crippen LogP contribution in [-0.2, 0) is 0 Å². The van der Waals surface area contributed by atoms with Crippen LogP contribution in [0.1, 0.15) is 20.3 Å². The summed E-state index contributed by atoms with van der Waals surface area (Å²) in [6.45, 7) is 4.10. The molecule has 0 atom stereocenters. The Balaban J connectivity index is 2.97. The lowest BCUT2D eigenvalue weighted by Crippen LogP contribution is -2.33. The predicted octanol–water partition coefficient (Wildman–Crippen LogP) is 2.49. The van der Waals surface area contributed by atoms with Gasteiger partial charge in [-0.3, -0.25) is 0 Å². The highest BCUT2D eigenvalue weighted by molar-refractivity contribution is 5.40. The molecule has 0 N–H and O–H groups in total. The summed E-state index contributed by atoms with van der Waals surface area (Å²) in [5.41, 5.74) is 0. The highest BCUT2D eigenvalue weighted by Gasteiger charge is 2.16. The van der Waals surface area contributed by atoms with Gasteiger partial charge >= 0.3 is 0 Å². The molecule has 0 aliphatic rings. The molecular weight excluding hydrogens is 212 g/mol. The summed E-state index contributed by atoms with van der Waals surface area (Å²) in [5, 5.41) is 8.51. The molecule has 5 heteroatoms. The lowest BCUT2D eigenvalue weighted by Gasteiger charge is -2.27. The third-order valence-corrected chi connectivity index (χ3v) is 2.15. The molecule has 0 radical (unpaired) electrons. The van der Waals surface area contributed by atoms with E-state index in [4.69, 9.17) is 5.26 Å². The monoisotopic (exact) mass is 225 g/mol. The fourth-order valence-corrected chi connectivity index (χ4v) is 1.40. The van der Waals surface area contributed by atoms with Gasteiger partial charge in [0.2, 0.25) is 0 Å². The van der Waals surface area contributed by atoms with Gasteiger partial charge in [-0.25, -0.2) is 13.8 Å². The Morgan fingerprint density at radius 1 is 1.50 bits per heavy atom. The van der Waals surface area contributed by atoms with E-state index in [0.717, 1.165) is 12.3 Å². The third-order valence-electron chi connectivity index (χ3n) is 2.15. The maximum Gasteiger partial charge on any atom is 0.168 e. The molecule has 0 bridgehead atoms. The summed E-state index contributed by atoms with van der Waals surface area (Å²) in [7, 11) is 0. The van der Waals surface area contributed by atoms with Crippen LogP contribution in [0.2, 0.25) is 0 Å². The van der Waals surface area contributed by atoms with Crippen molar-refractivity contribution < 1.29 is 8.78 Å². The van der Waals surface area contributed by atoms with Crippen LogP contribution in [-0.4, -0.2) is 17.6 Å². The topological polar surface area (TPSA) is 39.9 Å². The first-order chi connectivity index (χ1) is 7.56.